The molecule has 0 spiro atoms. The molecule has 2 aliphatic carbocycles. The van der Waals surface area contributed by atoms with E-state index in [1.54, 1.807) is 0 Å². The molecule has 2 atom stereocenters. The normalized spacial score (nSPS) is 23.5. The molecule has 0 aliphatic heterocycles. The van der Waals surface area contributed by atoms with Crippen LogP contribution in [0.5, 0.6) is 0 Å². The fourth-order valence-corrected chi connectivity index (χ4v) is 1.96. The van der Waals surface area contributed by atoms with Crippen molar-refractivity contribution >= 4 is 6.19 Å². The van der Waals surface area contributed by atoms with Crippen LogP contribution in [0.25, 0.3) is 0 Å². The van der Waals surface area contributed by atoms with Gasteiger partial charge in [-0.1, -0.05) is 46.5 Å². The Bertz CT molecular complexity index is 442. The molecule has 0 fully saturated rings. The summed E-state index contributed by atoms with van der Waals surface area (Å²) >= 11 is 2.27. The van der Waals surface area contributed by atoms with Crippen LogP contribution >= 0.6 is 0 Å². The first-order chi connectivity index (χ1) is 9.13. The van der Waals surface area contributed by atoms with Crippen LogP contribution in [0.2, 0.25) is 13.1 Å². The topological polar surface area (TPSA) is 0 Å². The van der Waals surface area contributed by atoms with Crippen molar-refractivity contribution in [1.82, 2.24) is 0 Å². The van der Waals surface area contributed by atoms with Crippen LogP contribution in [0.15, 0.2) is 34.4 Å². The van der Waals surface area contributed by atoms with E-state index < -0.39 is 0 Å². The molecule has 0 aromatic rings. The Balaban J connectivity index is 0.000000289. The van der Waals surface area contributed by atoms with Gasteiger partial charge in [0, 0.05) is 0 Å². The minimum absolute atomic E-state index is 0.120. The molecule has 20 heavy (non-hydrogen) atoms. The Morgan fingerprint density at radius 2 is 1.55 bits per heavy atom. The van der Waals surface area contributed by atoms with Crippen molar-refractivity contribution < 1.29 is 19.2 Å². The van der Waals surface area contributed by atoms with Crippen molar-refractivity contribution in [2.24, 2.45) is 11.8 Å². The van der Waals surface area contributed by atoms with Gasteiger partial charge in [-0.05, 0) is 0 Å². The standard InChI is InChI=1S/2C8H11.C2H6Si.Ti/c2*1-6-4-7(2)8(3)5-6;1-3-2;/h4,8H,1-3H3;4,6H,1-3H3;1-2H3;/q2*-1;;+2. The molecule has 0 bridgehead atoms. The molecule has 0 nitrogen and oxygen atoms in total. The molecule has 0 N–H and O–H groups in total. The quantitative estimate of drug-likeness (QED) is 0.411. The van der Waals surface area contributed by atoms with Crippen molar-refractivity contribution in [2.75, 3.05) is 0 Å². The molecule has 108 valence electrons. The van der Waals surface area contributed by atoms with Crippen LogP contribution in [0.1, 0.15) is 41.5 Å². The third-order valence-corrected chi connectivity index (χ3v) is 3.11. The van der Waals surface area contributed by atoms with Crippen LogP contribution in [-0.2, 0) is 19.2 Å². The second-order valence-corrected chi connectivity index (χ2v) is 12.5. The SMILES string of the molecule is CC1=[C-]C(C)C(C)=C1.CC1=[C-]C(C)C=C1C.C[Si](C)=[Ti+2]. The first-order valence-electron chi connectivity index (χ1n) is 7.22. The van der Waals surface area contributed by atoms with Gasteiger partial charge in [0.05, 0.1) is 0 Å². The third-order valence-electron chi connectivity index (χ3n) is 3.11. The van der Waals surface area contributed by atoms with E-state index in [9.17, 15) is 0 Å². The molecule has 0 radical (unpaired) electrons. The van der Waals surface area contributed by atoms with Crippen molar-refractivity contribution in [3.05, 3.63) is 46.6 Å². The molecule has 0 heterocycles. The van der Waals surface area contributed by atoms with Gasteiger partial charge in [0.2, 0.25) is 0 Å². The molecular formula is C18H28SiTi. The molecular weight excluding hydrogens is 292 g/mol. The Hall–Kier alpha value is -0.109. The van der Waals surface area contributed by atoms with E-state index in [4.69, 9.17) is 0 Å². The molecule has 2 unspecified atom stereocenters. The van der Waals surface area contributed by atoms with E-state index in [1.807, 2.05) is 0 Å². The van der Waals surface area contributed by atoms with Gasteiger partial charge in [0.15, 0.2) is 0 Å². The van der Waals surface area contributed by atoms with E-state index in [1.165, 1.54) is 22.3 Å². The van der Waals surface area contributed by atoms with Crippen LogP contribution < -0.4 is 0 Å². The monoisotopic (exact) mass is 320 g/mol. The van der Waals surface area contributed by atoms with E-state index >= 15 is 0 Å². The average molecular weight is 320 g/mol. The molecule has 0 amide bonds. The van der Waals surface area contributed by atoms with E-state index in [2.05, 4.69) is 98.1 Å². The molecule has 0 saturated heterocycles. The van der Waals surface area contributed by atoms with Crippen LogP contribution in [0.4, 0.5) is 0 Å². The summed E-state index contributed by atoms with van der Waals surface area (Å²) in [6.07, 6.45) is 11.1. The molecule has 0 aromatic carbocycles. The summed E-state index contributed by atoms with van der Waals surface area (Å²) < 4.78 is 0. The Morgan fingerprint density at radius 3 is 1.65 bits per heavy atom. The summed E-state index contributed by atoms with van der Waals surface area (Å²) in [6.45, 7) is 17.3. The second kappa shape index (κ2) is 9.76. The van der Waals surface area contributed by atoms with E-state index in [0.717, 1.165) is 0 Å². The van der Waals surface area contributed by atoms with Crippen molar-refractivity contribution in [2.45, 2.75) is 54.6 Å². The first kappa shape index (κ1) is 19.9. The van der Waals surface area contributed by atoms with Crippen molar-refractivity contribution in [1.29, 1.82) is 0 Å². The molecule has 0 aromatic heterocycles. The van der Waals surface area contributed by atoms with Crippen molar-refractivity contribution in [3.8, 4) is 0 Å². The first-order valence-corrected chi connectivity index (χ1v) is 12.1. The summed E-state index contributed by atoms with van der Waals surface area (Å²) in [5, 5.41) is 0. The summed E-state index contributed by atoms with van der Waals surface area (Å²) in [5.74, 6) is 1.12. The zero-order valence-corrected chi connectivity index (χ0v) is 16.9. The van der Waals surface area contributed by atoms with Gasteiger partial charge in [-0.2, -0.15) is 11.6 Å². The number of hydrogen-bond donors (Lipinski definition) is 0. The maximum atomic E-state index is 3.29. The summed E-state index contributed by atoms with van der Waals surface area (Å²) in [7, 11) is 0. The van der Waals surface area contributed by atoms with Gasteiger partial charge in [0.25, 0.3) is 0 Å². The molecule has 2 rings (SSSR count). The Labute approximate surface area is 138 Å². The van der Waals surface area contributed by atoms with Crippen LogP contribution in [0, 0.1) is 24.0 Å². The third kappa shape index (κ3) is 8.94. The predicted molar refractivity (Wildman–Crippen MR) is 88.2 cm³/mol. The number of rotatable bonds is 0. The zero-order chi connectivity index (χ0) is 15.9. The molecule has 2 aliphatic rings. The van der Waals surface area contributed by atoms with Gasteiger partial charge in [0.1, 0.15) is 0 Å². The molecule has 2 heteroatoms. The Kier molecular flexibility index (Phi) is 9.71. The van der Waals surface area contributed by atoms with Crippen LogP contribution in [-0.4, -0.2) is 6.19 Å². The average Bonchev–Trinajstić information content (AvgIpc) is 2.70. The summed E-state index contributed by atoms with van der Waals surface area (Å²) in [5.41, 5.74) is 5.42. The van der Waals surface area contributed by atoms with Gasteiger partial charge >= 0.3 is 38.5 Å². The van der Waals surface area contributed by atoms with E-state index in [-0.39, 0.29) is 6.19 Å². The van der Waals surface area contributed by atoms with Crippen molar-refractivity contribution in [3.63, 3.8) is 0 Å². The summed E-state index contributed by atoms with van der Waals surface area (Å²) in [6, 6.07) is 0. The number of allylic oxidation sites excluding steroid dienone is 8. The van der Waals surface area contributed by atoms with Gasteiger partial charge in [-0.25, -0.2) is 22.8 Å². The zero-order valence-electron chi connectivity index (χ0n) is 14.3. The van der Waals surface area contributed by atoms with Gasteiger partial charge in [-0.15, -0.1) is 6.92 Å². The molecule has 0 saturated carbocycles. The second-order valence-electron chi connectivity index (χ2n) is 5.85. The number of hydrogen-bond acceptors (Lipinski definition) is 0. The fraction of sp³-hybridized carbons (Fsp3) is 0.556. The Morgan fingerprint density at radius 1 is 1.05 bits per heavy atom. The minimum atomic E-state index is 0.120. The van der Waals surface area contributed by atoms with Gasteiger partial charge < -0.3 is 0 Å². The van der Waals surface area contributed by atoms with Gasteiger partial charge in [-0.3, -0.25) is 12.2 Å². The fourth-order valence-electron chi connectivity index (χ4n) is 1.96. The predicted octanol–water partition coefficient (Wildman–Crippen LogP) is 5.45. The summed E-state index contributed by atoms with van der Waals surface area (Å²) in [4.78, 5) is 0. The van der Waals surface area contributed by atoms with Crippen LogP contribution in [0.3, 0.4) is 0 Å². The van der Waals surface area contributed by atoms with E-state index in [0.29, 0.717) is 11.8 Å². The maximum absolute atomic E-state index is 3.29.